The predicted octanol–water partition coefficient (Wildman–Crippen LogP) is 5.46. The molecule has 0 radical (unpaired) electrons. The molecule has 3 aromatic rings. The van der Waals surface area contributed by atoms with E-state index in [1.165, 1.54) is 0 Å². The van der Waals surface area contributed by atoms with Crippen LogP contribution in [0.2, 0.25) is 5.02 Å². The fraction of sp³-hybridized carbons (Fsp3) is 0.240. The molecule has 0 saturated heterocycles. The van der Waals surface area contributed by atoms with Crippen LogP contribution in [0.5, 0.6) is 23.0 Å². The van der Waals surface area contributed by atoms with Crippen LogP contribution in [0.15, 0.2) is 65.8 Å². The second kappa shape index (κ2) is 11.9. The lowest BCUT2D eigenvalue weighted by molar-refractivity contribution is 0.269. The normalized spacial score (nSPS) is 10.8. The molecule has 3 aromatic carbocycles. The van der Waals surface area contributed by atoms with Crippen molar-refractivity contribution in [1.82, 2.24) is 5.43 Å². The number of nitrogens with zero attached hydrogens (tertiary/aromatic N) is 1. The number of hydrazone groups is 1. The van der Waals surface area contributed by atoms with E-state index in [2.05, 4.69) is 10.5 Å². The van der Waals surface area contributed by atoms with Gasteiger partial charge in [0.2, 0.25) is 0 Å². The Hall–Kier alpha value is -3.38. The quantitative estimate of drug-likeness (QED) is 0.308. The molecule has 7 heteroatoms. The van der Waals surface area contributed by atoms with Gasteiger partial charge in [0.1, 0.15) is 6.61 Å². The molecule has 0 aliphatic heterocycles. The lowest BCUT2D eigenvalue weighted by atomic mass is 10.2. The summed E-state index contributed by atoms with van der Waals surface area (Å²) >= 11 is 6.49. The molecule has 0 bridgehead atoms. The van der Waals surface area contributed by atoms with Crippen molar-refractivity contribution < 1.29 is 18.9 Å². The van der Waals surface area contributed by atoms with E-state index in [4.69, 9.17) is 30.5 Å². The molecule has 1 N–H and O–H groups in total. The maximum absolute atomic E-state index is 6.49. The highest BCUT2D eigenvalue weighted by molar-refractivity contribution is 6.32. The maximum atomic E-state index is 6.49. The Labute approximate surface area is 193 Å². The van der Waals surface area contributed by atoms with Gasteiger partial charge in [-0.15, -0.1) is 0 Å². The van der Waals surface area contributed by atoms with E-state index >= 15 is 0 Å². The number of nitrogens with one attached hydrogen (secondary N) is 1. The first-order valence-corrected chi connectivity index (χ1v) is 10.6. The van der Waals surface area contributed by atoms with Crippen molar-refractivity contribution in [1.29, 1.82) is 0 Å². The third-order valence-electron chi connectivity index (χ3n) is 4.59. The Morgan fingerprint density at radius 3 is 2.38 bits per heavy atom. The van der Waals surface area contributed by atoms with Gasteiger partial charge in [-0.05, 0) is 47.9 Å². The lowest BCUT2D eigenvalue weighted by Crippen LogP contribution is -2.06. The first-order chi connectivity index (χ1) is 15.6. The van der Waals surface area contributed by atoms with E-state index in [-0.39, 0.29) is 0 Å². The molecule has 3 rings (SSSR count). The van der Waals surface area contributed by atoms with Crippen molar-refractivity contribution in [3.05, 3.63) is 82.4 Å². The summed E-state index contributed by atoms with van der Waals surface area (Å²) in [5.74, 6) is 2.47. The van der Waals surface area contributed by atoms with E-state index in [0.717, 1.165) is 16.7 Å². The molecule has 0 aliphatic rings. The zero-order valence-electron chi connectivity index (χ0n) is 18.4. The molecule has 6 nitrogen and oxygen atoms in total. The van der Waals surface area contributed by atoms with Gasteiger partial charge in [0.05, 0.1) is 38.6 Å². The van der Waals surface area contributed by atoms with Crippen LogP contribution in [0.4, 0.5) is 0 Å². The van der Waals surface area contributed by atoms with Gasteiger partial charge in [0.15, 0.2) is 23.0 Å². The van der Waals surface area contributed by atoms with Gasteiger partial charge in [0, 0.05) is 0 Å². The predicted molar refractivity (Wildman–Crippen MR) is 127 cm³/mol. The first kappa shape index (κ1) is 23.3. The average molecular weight is 455 g/mol. The molecular weight excluding hydrogens is 428 g/mol. The lowest BCUT2D eigenvalue weighted by Gasteiger charge is -2.14. The Morgan fingerprint density at radius 1 is 0.875 bits per heavy atom. The molecule has 32 heavy (non-hydrogen) atoms. The van der Waals surface area contributed by atoms with Crippen LogP contribution in [0.3, 0.4) is 0 Å². The molecule has 168 valence electrons. The fourth-order valence-electron chi connectivity index (χ4n) is 3.04. The third-order valence-corrected chi connectivity index (χ3v) is 4.87. The standard InChI is InChI=1S/C25H27ClN2O4/c1-4-31-24-14-20(12-21(26)25(24)32-17-18-8-6-5-7-9-18)16-28-27-15-19-10-11-22(29-2)23(13-19)30-3/h5-14,16,27H,4,15,17H2,1-3H3/b28-16+. The Bertz CT molecular complexity index is 1040. The van der Waals surface area contributed by atoms with Gasteiger partial charge in [-0.25, -0.2) is 0 Å². The molecule has 0 fully saturated rings. The smallest absolute Gasteiger partial charge is 0.180 e. The number of halogens is 1. The van der Waals surface area contributed by atoms with Gasteiger partial charge in [-0.1, -0.05) is 48.0 Å². The topological polar surface area (TPSA) is 61.3 Å². The van der Waals surface area contributed by atoms with Crippen LogP contribution in [0.25, 0.3) is 0 Å². The van der Waals surface area contributed by atoms with E-state index < -0.39 is 0 Å². The summed E-state index contributed by atoms with van der Waals surface area (Å²) in [5, 5.41) is 4.76. The van der Waals surface area contributed by atoms with Crippen molar-refractivity contribution in [2.24, 2.45) is 5.10 Å². The second-order valence-corrected chi connectivity index (χ2v) is 7.23. The average Bonchev–Trinajstić information content (AvgIpc) is 2.82. The molecule has 0 heterocycles. The Kier molecular flexibility index (Phi) is 8.63. The minimum Gasteiger partial charge on any atom is -0.493 e. The Balaban J connectivity index is 1.66. The molecule has 0 aliphatic carbocycles. The summed E-state index contributed by atoms with van der Waals surface area (Å²) in [6.07, 6.45) is 1.69. The zero-order valence-corrected chi connectivity index (χ0v) is 19.2. The van der Waals surface area contributed by atoms with Crippen LogP contribution in [-0.2, 0) is 13.2 Å². The van der Waals surface area contributed by atoms with Crippen LogP contribution in [0.1, 0.15) is 23.6 Å². The van der Waals surface area contributed by atoms with Gasteiger partial charge in [-0.3, -0.25) is 0 Å². The summed E-state index contributed by atoms with van der Waals surface area (Å²) in [4.78, 5) is 0. The first-order valence-electron chi connectivity index (χ1n) is 10.2. The van der Waals surface area contributed by atoms with E-state index in [1.807, 2.05) is 61.5 Å². The van der Waals surface area contributed by atoms with Gasteiger partial charge in [-0.2, -0.15) is 5.10 Å². The van der Waals surface area contributed by atoms with Gasteiger partial charge >= 0.3 is 0 Å². The highest BCUT2D eigenvalue weighted by Crippen LogP contribution is 2.37. The number of ether oxygens (including phenoxy) is 4. The van der Waals surface area contributed by atoms with Crippen molar-refractivity contribution in [3.8, 4) is 23.0 Å². The zero-order chi connectivity index (χ0) is 22.8. The number of hydrogen-bond donors (Lipinski definition) is 1. The molecule has 0 saturated carbocycles. The highest BCUT2D eigenvalue weighted by atomic mass is 35.5. The number of hydrogen-bond acceptors (Lipinski definition) is 6. The molecule has 0 spiro atoms. The second-order valence-electron chi connectivity index (χ2n) is 6.82. The van der Waals surface area contributed by atoms with Crippen molar-refractivity contribution in [3.63, 3.8) is 0 Å². The van der Waals surface area contributed by atoms with E-state index in [0.29, 0.717) is 47.8 Å². The largest absolute Gasteiger partial charge is 0.493 e. The Morgan fingerprint density at radius 2 is 1.66 bits per heavy atom. The maximum Gasteiger partial charge on any atom is 0.180 e. The monoisotopic (exact) mass is 454 g/mol. The van der Waals surface area contributed by atoms with Crippen molar-refractivity contribution in [2.45, 2.75) is 20.1 Å². The fourth-order valence-corrected chi connectivity index (χ4v) is 3.32. The number of benzene rings is 3. The summed E-state index contributed by atoms with van der Waals surface area (Å²) in [7, 11) is 3.22. The van der Waals surface area contributed by atoms with Gasteiger partial charge < -0.3 is 24.4 Å². The van der Waals surface area contributed by atoms with Crippen LogP contribution in [-0.4, -0.2) is 27.0 Å². The van der Waals surface area contributed by atoms with Crippen molar-refractivity contribution in [2.75, 3.05) is 20.8 Å². The molecule has 0 aromatic heterocycles. The summed E-state index contributed by atoms with van der Waals surface area (Å²) in [6.45, 7) is 3.35. The van der Waals surface area contributed by atoms with Crippen LogP contribution in [0, 0.1) is 0 Å². The number of rotatable bonds is 11. The summed E-state index contributed by atoms with van der Waals surface area (Å²) in [5.41, 5.74) is 5.89. The summed E-state index contributed by atoms with van der Waals surface area (Å²) < 4.78 is 22.3. The highest BCUT2D eigenvalue weighted by Gasteiger charge is 2.12. The third kappa shape index (κ3) is 6.31. The minimum atomic E-state index is 0.404. The SMILES string of the molecule is CCOc1cc(/C=N/NCc2ccc(OC)c(OC)c2)cc(Cl)c1OCc1ccccc1. The van der Waals surface area contributed by atoms with Crippen LogP contribution < -0.4 is 24.4 Å². The molecule has 0 unspecified atom stereocenters. The van der Waals surface area contributed by atoms with Crippen molar-refractivity contribution >= 4 is 17.8 Å². The number of methoxy groups -OCH3 is 2. The van der Waals surface area contributed by atoms with Gasteiger partial charge in [0.25, 0.3) is 0 Å². The summed E-state index contributed by atoms with van der Waals surface area (Å²) in [6, 6.07) is 19.3. The molecular formula is C25H27ClN2O4. The molecule has 0 amide bonds. The van der Waals surface area contributed by atoms with Crippen LogP contribution >= 0.6 is 11.6 Å². The van der Waals surface area contributed by atoms with E-state index in [1.54, 1.807) is 26.5 Å². The minimum absolute atomic E-state index is 0.404. The van der Waals surface area contributed by atoms with E-state index in [9.17, 15) is 0 Å². The molecule has 0 atom stereocenters.